The highest BCUT2D eigenvalue weighted by atomic mass is 32.1. The van der Waals surface area contributed by atoms with Gasteiger partial charge in [-0.15, -0.1) is 11.3 Å². The van der Waals surface area contributed by atoms with Crippen LogP contribution in [0.25, 0.3) is 10.4 Å². The first-order chi connectivity index (χ1) is 14.0. The summed E-state index contributed by atoms with van der Waals surface area (Å²) in [5.41, 5.74) is 5.44. The van der Waals surface area contributed by atoms with E-state index in [1.165, 1.54) is 18.3 Å². The van der Waals surface area contributed by atoms with Crippen molar-refractivity contribution in [2.45, 2.75) is 32.0 Å². The number of amides is 1. The predicted molar refractivity (Wildman–Crippen MR) is 118 cm³/mol. The van der Waals surface area contributed by atoms with Crippen molar-refractivity contribution in [1.29, 1.82) is 0 Å². The molecule has 0 aliphatic rings. The molecule has 8 heteroatoms. The molecule has 2 aromatic heterocycles. The molecule has 0 aliphatic heterocycles. The molecule has 0 bridgehead atoms. The highest BCUT2D eigenvalue weighted by Crippen LogP contribution is 2.37. The van der Waals surface area contributed by atoms with Crippen molar-refractivity contribution in [1.82, 2.24) is 4.98 Å². The predicted octanol–water partition coefficient (Wildman–Crippen LogP) is 3.08. The number of carbonyl (C=O) groups is 1. The largest absolute Gasteiger partial charge is 0.393 e. The van der Waals surface area contributed by atoms with E-state index < -0.39 is 23.7 Å². The monoisotopic (exact) mass is 427 g/mol. The quantitative estimate of drug-likeness (QED) is 0.394. The Hall–Kier alpha value is -2.78. The molecule has 1 amide bonds. The standard InChI is InChI=1S/C22H25N3O4S/c1-21(2,28)14-9-7-13(8-10-14)16-11-15(19(23)27)20(30-16)25-18-6-4-5-17(24-18)22(3,29)12-26/h4-11,26,28-29H,12H2,1-3H3,(H2,23,27)(H,24,25)/t22-/m0/s1. The van der Waals surface area contributed by atoms with Crippen molar-refractivity contribution in [3.63, 3.8) is 0 Å². The smallest absolute Gasteiger partial charge is 0.251 e. The van der Waals surface area contributed by atoms with Gasteiger partial charge in [0.25, 0.3) is 5.91 Å². The molecule has 3 rings (SSSR count). The minimum absolute atomic E-state index is 0.301. The maximum atomic E-state index is 12.0. The molecule has 0 unspecified atom stereocenters. The van der Waals surface area contributed by atoms with E-state index in [0.29, 0.717) is 22.1 Å². The van der Waals surface area contributed by atoms with Gasteiger partial charge in [-0.3, -0.25) is 4.79 Å². The topological polar surface area (TPSA) is 129 Å². The Kier molecular flexibility index (Phi) is 5.96. The fourth-order valence-electron chi connectivity index (χ4n) is 2.85. The number of rotatable bonds is 7. The second-order valence-corrected chi connectivity index (χ2v) is 8.87. The lowest BCUT2D eigenvalue weighted by molar-refractivity contribution is -0.00573. The van der Waals surface area contributed by atoms with Crippen molar-refractivity contribution >= 4 is 28.1 Å². The van der Waals surface area contributed by atoms with Crippen molar-refractivity contribution in [2.75, 3.05) is 11.9 Å². The Balaban J connectivity index is 1.94. The zero-order valence-electron chi connectivity index (χ0n) is 17.0. The second-order valence-electron chi connectivity index (χ2n) is 7.82. The van der Waals surface area contributed by atoms with E-state index in [9.17, 15) is 20.1 Å². The van der Waals surface area contributed by atoms with Crippen LogP contribution in [0.15, 0.2) is 48.5 Å². The SMILES string of the molecule is CC(C)(O)c1ccc(-c2cc(C(N)=O)c(Nc3cccc([C@@](C)(O)CO)n3)s2)cc1. The summed E-state index contributed by atoms with van der Waals surface area (Å²) in [6.07, 6.45) is 0. The van der Waals surface area contributed by atoms with Gasteiger partial charge in [0.1, 0.15) is 16.4 Å². The van der Waals surface area contributed by atoms with E-state index in [4.69, 9.17) is 5.73 Å². The third-order valence-electron chi connectivity index (χ3n) is 4.72. The Morgan fingerprint density at radius 1 is 1.13 bits per heavy atom. The molecule has 7 nitrogen and oxygen atoms in total. The number of carbonyl (C=O) groups excluding carboxylic acids is 1. The van der Waals surface area contributed by atoms with Gasteiger partial charge in [-0.2, -0.15) is 0 Å². The second kappa shape index (κ2) is 8.16. The van der Waals surface area contributed by atoms with Crippen LogP contribution in [0.4, 0.5) is 10.8 Å². The van der Waals surface area contributed by atoms with Crippen LogP contribution in [-0.4, -0.2) is 32.8 Å². The molecule has 3 aromatic rings. The van der Waals surface area contributed by atoms with E-state index >= 15 is 0 Å². The Morgan fingerprint density at radius 3 is 2.37 bits per heavy atom. The number of hydrogen-bond donors (Lipinski definition) is 5. The normalized spacial score (nSPS) is 13.7. The van der Waals surface area contributed by atoms with Gasteiger partial charge in [0.2, 0.25) is 0 Å². The Labute approximate surface area is 178 Å². The van der Waals surface area contributed by atoms with Gasteiger partial charge in [-0.05, 0) is 50.1 Å². The van der Waals surface area contributed by atoms with Gasteiger partial charge in [-0.25, -0.2) is 4.98 Å². The van der Waals surface area contributed by atoms with Crippen LogP contribution < -0.4 is 11.1 Å². The van der Waals surface area contributed by atoms with Crippen molar-refractivity contribution in [3.8, 4) is 10.4 Å². The van der Waals surface area contributed by atoms with Crippen molar-refractivity contribution in [2.24, 2.45) is 5.73 Å². The number of anilines is 2. The molecule has 0 spiro atoms. The van der Waals surface area contributed by atoms with E-state index in [-0.39, 0.29) is 0 Å². The summed E-state index contributed by atoms with van der Waals surface area (Å²) < 4.78 is 0. The number of aliphatic hydroxyl groups is 3. The maximum absolute atomic E-state index is 12.0. The molecule has 1 aromatic carbocycles. The summed E-state index contributed by atoms with van der Waals surface area (Å²) in [5.74, 6) is -0.166. The zero-order valence-corrected chi connectivity index (χ0v) is 17.8. The van der Waals surface area contributed by atoms with Crippen molar-refractivity contribution < 1.29 is 20.1 Å². The molecule has 6 N–H and O–H groups in total. The lowest BCUT2D eigenvalue weighted by Crippen LogP contribution is -2.27. The number of nitrogens with two attached hydrogens (primary N) is 1. The molecule has 0 fully saturated rings. The maximum Gasteiger partial charge on any atom is 0.251 e. The molecule has 0 saturated carbocycles. The summed E-state index contributed by atoms with van der Waals surface area (Å²) in [7, 11) is 0. The molecule has 158 valence electrons. The summed E-state index contributed by atoms with van der Waals surface area (Å²) in [6, 6.07) is 14.2. The van der Waals surface area contributed by atoms with Crippen LogP contribution in [0.2, 0.25) is 0 Å². The lowest BCUT2D eigenvalue weighted by atomic mass is 9.97. The minimum Gasteiger partial charge on any atom is -0.393 e. The van der Waals surface area contributed by atoms with Crippen LogP contribution >= 0.6 is 11.3 Å². The van der Waals surface area contributed by atoms with E-state index in [2.05, 4.69) is 10.3 Å². The third kappa shape index (κ3) is 4.68. The fourth-order valence-corrected chi connectivity index (χ4v) is 3.93. The summed E-state index contributed by atoms with van der Waals surface area (Å²) >= 11 is 1.34. The van der Waals surface area contributed by atoms with Gasteiger partial charge in [0.15, 0.2) is 0 Å². The number of pyridine rings is 1. The molecule has 0 aliphatic carbocycles. The highest BCUT2D eigenvalue weighted by molar-refractivity contribution is 7.19. The van der Waals surface area contributed by atoms with E-state index in [1.807, 2.05) is 24.3 Å². The number of aromatic nitrogens is 1. The van der Waals surface area contributed by atoms with Crippen LogP contribution in [0.1, 0.15) is 42.4 Å². The fraction of sp³-hybridized carbons (Fsp3) is 0.273. The van der Waals surface area contributed by atoms with Gasteiger partial charge >= 0.3 is 0 Å². The van der Waals surface area contributed by atoms with Gasteiger partial charge in [-0.1, -0.05) is 30.3 Å². The molecule has 0 radical (unpaired) electrons. The molecule has 2 heterocycles. The highest BCUT2D eigenvalue weighted by Gasteiger charge is 2.24. The number of benzene rings is 1. The van der Waals surface area contributed by atoms with Crippen LogP contribution in [0, 0.1) is 0 Å². The number of thiophene rings is 1. The third-order valence-corrected chi connectivity index (χ3v) is 5.82. The number of nitrogens with zero attached hydrogens (tertiary/aromatic N) is 1. The van der Waals surface area contributed by atoms with Gasteiger partial charge in [0, 0.05) is 4.88 Å². The van der Waals surface area contributed by atoms with Gasteiger partial charge in [0.05, 0.1) is 23.5 Å². The number of nitrogens with one attached hydrogen (secondary N) is 1. The molecule has 1 atom stereocenters. The summed E-state index contributed by atoms with van der Waals surface area (Å²) in [6.45, 7) is 4.43. The molecular weight excluding hydrogens is 402 g/mol. The first-order valence-corrected chi connectivity index (χ1v) is 10.2. The van der Waals surface area contributed by atoms with Crippen molar-refractivity contribution in [3.05, 3.63) is 65.4 Å². The molecule has 30 heavy (non-hydrogen) atoms. The average Bonchev–Trinajstić information content (AvgIpc) is 3.12. The zero-order chi connectivity index (χ0) is 22.1. The number of aliphatic hydroxyl groups excluding tert-OH is 1. The molecule has 0 saturated heterocycles. The first kappa shape index (κ1) is 21.9. The number of hydrogen-bond acceptors (Lipinski definition) is 7. The Morgan fingerprint density at radius 2 is 1.80 bits per heavy atom. The Bertz CT molecular complexity index is 1050. The minimum atomic E-state index is -1.48. The van der Waals surface area contributed by atoms with Gasteiger partial charge < -0.3 is 26.4 Å². The first-order valence-electron chi connectivity index (χ1n) is 9.36. The van der Waals surface area contributed by atoms with E-state index in [0.717, 1.165) is 16.0 Å². The van der Waals surface area contributed by atoms with Crippen LogP contribution in [-0.2, 0) is 11.2 Å². The molecular formula is C22H25N3O4S. The lowest BCUT2D eigenvalue weighted by Gasteiger charge is -2.20. The average molecular weight is 428 g/mol. The van der Waals surface area contributed by atoms with E-state index in [1.54, 1.807) is 38.1 Å². The number of primary amides is 1. The summed E-state index contributed by atoms with van der Waals surface area (Å²) in [5, 5.41) is 33.3. The van der Waals surface area contributed by atoms with Crippen LogP contribution in [0.3, 0.4) is 0 Å². The summed E-state index contributed by atoms with van der Waals surface area (Å²) in [4.78, 5) is 17.1. The van der Waals surface area contributed by atoms with Crippen LogP contribution in [0.5, 0.6) is 0 Å².